The first-order valence-electron chi connectivity index (χ1n) is 12.1. The lowest BCUT2D eigenvalue weighted by molar-refractivity contribution is 0.385. The summed E-state index contributed by atoms with van der Waals surface area (Å²) < 4.78 is 0. The van der Waals surface area contributed by atoms with E-state index in [1.54, 1.807) is 0 Å². The van der Waals surface area contributed by atoms with Crippen molar-refractivity contribution in [3.05, 3.63) is 26.0 Å². The summed E-state index contributed by atoms with van der Waals surface area (Å²) in [5, 5.41) is 0. The third kappa shape index (κ3) is 20.1. The van der Waals surface area contributed by atoms with E-state index in [0.717, 1.165) is 12.3 Å². The van der Waals surface area contributed by atoms with Gasteiger partial charge in [0.2, 0.25) is 0 Å². The highest BCUT2D eigenvalue weighted by molar-refractivity contribution is 4.83. The lowest BCUT2D eigenvalue weighted by Gasteiger charge is -2.15. The standard InChI is InChI=1S/C26H50/c1-4-7-9-11-12-13-14-15-16-17-18-19-20-22-25-26(23-6-3)24-21-10-8-5-2/h5,8,26H,1-2,4,6-7,9-25H2,3H3/b8-5+. The molecule has 0 heterocycles. The molecule has 154 valence electrons. The van der Waals surface area contributed by atoms with Crippen LogP contribution < -0.4 is 0 Å². The molecular weight excluding hydrogens is 312 g/mol. The molecule has 2 radical (unpaired) electrons. The van der Waals surface area contributed by atoms with Gasteiger partial charge in [-0.2, -0.15) is 0 Å². The van der Waals surface area contributed by atoms with Crippen LogP contribution in [0, 0.1) is 19.8 Å². The normalized spacial score (nSPS) is 12.9. The summed E-state index contributed by atoms with van der Waals surface area (Å²) in [5.74, 6) is 0.979. The number of allylic oxidation sites excluding steroid dienone is 2. The Morgan fingerprint density at radius 1 is 0.615 bits per heavy atom. The van der Waals surface area contributed by atoms with Gasteiger partial charge in [-0.3, -0.25) is 0 Å². The maximum absolute atomic E-state index is 3.91. The highest BCUT2D eigenvalue weighted by Crippen LogP contribution is 2.22. The molecular formula is C26H50. The maximum atomic E-state index is 3.91. The van der Waals surface area contributed by atoms with E-state index in [1.807, 2.05) is 6.08 Å². The minimum atomic E-state index is 0.979. The second-order valence-electron chi connectivity index (χ2n) is 8.30. The second kappa shape index (κ2) is 22.8. The van der Waals surface area contributed by atoms with Gasteiger partial charge in [-0.25, -0.2) is 0 Å². The van der Waals surface area contributed by atoms with Gasteiger partial charge in [-0.05, 0) is 25.7 Å². The van der Waals surface area contributed by atoms with Gasteiger partial charge in [0, 0.05) is 0 Å². The van der Waals surface area contributed by atoms with Crippen LogP contribution in [-0.4, -0.2) is 0 Å². The zero-order valence-corrected chi connectivity index (χ0v) is 18.3. The molecule has 1 atom stereocenters. The maximum Gasteiger partial charge on any atom is -0.0316 e. The van der Waals surface area contributed by atoms with Gasteiger partial charge in [0.1, 0.15) is 0 Å². The summed E-state index contributed by atoms with van der Waals surface area (Å²) in [4.78, 5) is 0. The highest BCUT2D eigenvalue weighted by Gasteiger charge is 2.06. The van der Waals surface area contributed by atoms with E-state index in [1.165, 1.54) is 122 Å². The van der Waals surface area contributed by atoms with Crippen LogP contribution in [0.2, 0.25) is 0 Å². The first kappa shape index (κ1) is 25.7. The number of unbranched alkanes of at least 4 members (excludes halogenated alkanes) is 14. The van der Waals surface area contributed by atoms with Crippen LogP contribution in [-0.2, 0) is 0 Å². The average Bonchev–Trinajstić information content (AvgIpc) is 2.65. The molecule has 0 fully saturated rings. The first-order chi connectivity index (χ1) is 12.8. The molecule has 0 saturated heterocycles. The number of hydrogen-bond acceptors (Lipinski definition) is 0. The summed E-state index contributed by atoms with van der Waals surface area (Å²) in [6, 6.07) is 0. The molecule has 0 aliphatic rings. The topological polar surface area (TPSA) is 0 Å². The van der Waals surface area contributed by atoms with Crippen LogP contribution in [0.15, 0.2) is 12.2 Å². The van der Waals surface area contributed by atoms with E-state index in [-0.39, 0.29) is 0 Å². The van der Waals surface area contributed by atoms with Crippen molar-refractivity contribution in [3.8, 4) is 0 Å². The highest BCUT2D eigenvalue weighted by atomic mass is 14.1. The van der Waals surface area contributed by atoms with Gasteiger partial charge >= 0.3 is 0 Å². The van der Waals surface area contributed by atoms with Crippen LogP contribution in [0.1, 0.15) is 135 Å². The molecule has 0 aromatic rings. The molecule has 0 saturated carbocycles. The monoisotopic (exact) mass is 362 g/mol. The molecule has 0 amide bonds. The predicted octanol–water partition coefficient (Wildman–Crippen LogP) is 9.65. The molecule has 0 rings (SSSR count). The van der Waals surface area contributed by atoms with Crippen molar-refractivity contribution < 1.29 is 0 Å². The minimum absolute atomic E-state index is 0.979. The van der Waals surface area contributed by atoms with E-state index in [0.29, 0.717) is 0 Å². The fraction of sp³-hybridized carbons (Fsp3) is 0.846. The van der Waals surface area contributed by atoms with Crippen molar-refractivity contribution in [1.82, 2.24) is 0 Å². The summed E-state index contributed by atoms with van der Waals surface area (Å²) in [5.41, 5.74) is 0. The van der Waals surface area contributed by atoms with Crippen LogP contribution in [0.5, 0.6) is 0 Å². The van der Waals surface area contributed by atoms with Crippen molar-refractivity contribution in [2.45, 2.75) is 135 Å². The van der Waals surface area contributed by atoms with Gasteiger partial charge in [-0.15, -0.1) is 0 Å². The summed E-state index contributed by atoms with van der Waals surface area (Å²) in [7, 11) is 0. The lowest BCUT2D eigenvalue weighted by atomic mass is 9.91. The second-order valence-corrected chi connectivity index (χ2v) is 8.30. The fourth-order valence-electron chi connectivity index (χ4n) is 4.04. The fourth-order valence-corrected chi connectivity index (χ4v) is 4.04. The molecule has 0 nitrogen and oxygen atoms in total. The van der Waals surface area contributed by atoms with Crippen LogP contribution in [0.25, 0.3) is 0 Å². The van der Waals surface area contributed by atoms with Gasteiger partial charge in [0.05, 0.1) is 0 Å². The van der Waals surface area contributed by atoms with Crippen molar-refractivity contribution >= 4 is 0 Å². The van der Waals surface area contributed by atoms with Crippen molar-refractivity contribution in [1.29, 1.82) is 0 Å². The third-order valence-electron chi connectivity index (χ3n) is 5.71. The quantitative estimate of drug-likeness (QED) is 0.178. The third-order valence-corrected chi connectivity index (χ3v) is 5.71. The van der Waals surface area contributed by atoms with Gasteiger partial charge in [-0.1, -0.05) is 142 Å². The Labute approximate surface area is 167 Å². The van der Waals surface area contributed by atoms with Crippen LogP contribution in [0.4, 0.5) is 0 Å². The van der Waals surface area contributed by atoms with E-state index < -0.39 is 0 Å². The SMILES string of the molecule is [CH2]/C=C/CCCC(CCC)CCCCCCCCCCCCCCC[CH2]. The van der Waals surface area contributed by atoms with E-state index in [2.05, 4.69) is 26.8 Å². The molecule has 0 spiro atoms. The molecule has 26 heavy (non-hydrogen) atoms. The first-order valence-corrected chi connectivity index (χ1v) is 12.1. The number of hydrogen-bond donors (Lipinski definition) is 0. The molecule has 0 N–H and O–H groups in total. The predicted molar refractivity (Wildman–Crippen MR) is 121 cm³/mol. The summed E-state index contributed by atoms with van der Waals surface area (Å²) >= 11 is 0. The van der Waals surface area contributed by atoms with E-state index in [9.17, 15) is 0 Å². The lowest BCUT2D eigenvalue weighted by Crippen LogP contribution is -2.00. The van der Waals surface area contributed by atoms with Crippen LogP contribution in [0.3, 0.4) is 0 Å². The van der Waals surface area contributed by atoms with Gasteiger partial charge in [0.25, 0.3) is 0 Å². The molecule has 0 aliphatic heterocycles. The Hall–Kier alpha value is -0.260. The van der Waals surface area contributed by atoms with Gasteiger partial charge in [0.15, 0.2) is 0 Å². The zero-order chi connectivity index (χ0) is 19.1. The largest absolute Gasteiger partial charge is 0.0885 e. The minimum Gasteiger partial charge on any atom is -0.0885 e. The van der Waals surface area contributed by atoms with E-state index >= 15 is 0 Å². The molecule has 0 aromatic heterocycles. The molecule has 0 heteroatoms. The van der Waals surface area contributed by atoms with Crippen molar-refractivity contribution in [2.24, 2.45) is 5.92 Å². The molecule has 0 bridgehead atoms. The Morgan fingerprint density at radius 3 is 1.54 bits per heavy atom. The van der Waals surface area contributed by atoms with Crippen molar-refractivity contribution in [3.63, 3.8) is 0 Å². The average molecular weight is 363 g/mol. The Bertz CT molecular complexity index is 265. The summed E-state index contributed by atoms with van der Waals surface area (Å²) in [6.45, 7) is 10.0. The molecule has 0 aromatic carbocycles. The summed E-state index contributed by atoms with van der Waals surface area (Å²) in [6.07, 6.45) is 32.3. The Kier molecular flexibility index (Phi) is 22.6. The van der Waals surface area contributed by atoms with E-state index in [4.69, 9.17) is 0 Å². The molecule has 1 unspecified atom stereocenters. The van der Waals surface area contributed by atoms with Crippen molar-refractivity contribution in [2.75, 3.05) is 0 Å². The van der Waals surface area contributed by atoms with Crippen LogP contribution >= 0.6 is 0 Å². The smallest absolute Gasteiger partial charge is 0.0316 e. The van der Waals surface area contributed by atoms with Gasteiger partial charge < -0.3 is 0 Å². The Balaban J connectivity index is 3.31. The molecule has 0 aliphatic carbocycles. The zero-order valence-electron chi connectivity index (χ0n) is 18.3. The number of rotatable bonds is 21. The Morgan fingerprint density at radius 2 is 1.08 bits per heavy atom.